The van der Waals surface area contributed by atoms with E-state index >= 15 is 0 Å². The fourth-order valence-corrected chi connectivity index (χ4v) is 9.24. The second-order valence-electron chi connectivity index (χ2n) is 14.3. The summed E-state index contributed by atoms with van der Waals surface area (Å²) < 4.78 is 153. The second-order valence-corrected chi connectivity index (χ2v) is 19.5. The van der Waals surface area contributed by atoms with E-state index in [9.17, 15) is 52.0 Å². The van der Waals surface area contributed by atoms with Crippen molar-refractivity contribution in [3.63, 3.8) is 0 Å². The highest BCUT2D eigenvalue weighted by molar-refractivity contribution is 7.91. The number of anilines is 3. The fourth-order valence-electron chi connectivity index (χ4n) is 6.10. The first-order chi connectivity index (χ1) is 28.8. The number of alkyl halides is 6. The summed E-state index contributed by atoms with van der Waals surface area (Å²) >= 11 is 1.31. The van der Waals surface area contributed by atoms with Crippen molar-refractivity contribution in [2.45, 2.75) is 42.8 Å². The van der Waals surface area contributed by atoms with Crippen molar-refractivity contribution in [3.05, 3.63) is 101 Å². The van der Waals surface area contributed by atoms with E-state index in [1.165, 1.54) is 35.9 Å². The van der Waals surface area contributed by atoms with Gasteiger partial charge in [0.25, 0.3) is 0 Å². The molecule has 5 aromatic rings. The minimum atomic E-state index is -5.08. The minimum Gasteiger partial charge on any atom is -0.475 e. The van der Waals surface area contributed by atoms with Gasteiger partial charge in [0, 0.05) is 62.3 Å². The normalized spacial score (nSPS) is 14.1. The number of aromatic nitrogens is 3. The number of nitrogens with zero attached hydrogens (tertiary/aromatic N) is 5. The van der Waals surface area contributed by atoms with E-state index in [4.69, 9.17) is 14.9 Å². The first-order valence-electron chi connectivity index (χ1n) is 18.4. The number of aliphatic carboxylic acids is 1. The van der Waals surface area contributed by atoms with Crippen LogP contribution in [0, 0.1) is 11.6 Å². The Bertz CT molecular complexity index is 2610. The van der Waals surface area contributed by atoms with E-state index in [0.29, 0.717) is 60.2 Å². The van der Waals surface area contributed by atoms with Gasteiger partial charge in [0.15, 0.2) is 9.84 Å². The molecular weight excluding hydrogens is 897 g/mol. The van der Waals surface area contributed by atoms with E-state index in [0.717, 1.165) is 29.3 Å². The average molecular weight is 935 g/mol. The number of hydrogen-bond acceptors (Lipinski definition) is 12. The summed E-state index contributed by atoms with van der Waals surface area (Å²) in [4.78, 5) is 25.8. The number of rotatable bonds is 12. The Kier molecular flexibility index (Phi) is 14.6. The summed E-state index contributed by atoms with van der Waals surface area (Å²) in [5.41, 5.74) is 0.744. The third kappa shape index (κ3) is 12.4. The van der Waals surface area contributed by atoms with Gasteiger partial charge in [0.05, 0.1) is 44.0 Å². The summed E-state index contributed by atoms with van der Waals surface area (Å²) in [5.74, 6) is -5.93. The van der Waals surface area contributed by atoms with Crippen LogP contribution in [0.2, 0.25) is 0 Å². The quantitative estimate of drug-likeness (QED) is 0.116. The zero-order chi connectivity index (χ0) is 45.8. The van der Waals surface area contributed by atoms with Crippen LogP contribution in [-0.2, 0) is 36.4 Å². The van der Waals surface area contributed by atoms with Crippen LogP contribution in [0.25, 0.3) is 21.8 Å². The summed E-state index contributed by atoms with van der Waals surface area (Å²) in [7, 11) is -7.54. The molecule has 62 heavy (non-hydrogen) atoms. The Hall–Kier alpha value is -5.26. The van der Waals surface area contributed by atoms with Gasteiger partial charge in [-0.05, 0) is 48.0 Å². The summed E-state index contributed by atoms with van der Waals surface area (Å²) in [6.07, 6.45) is -7.23. The molecule has 0 spiro atoms. The molecule has 1 aliphatic rings. The molecule has 2 aromatic heterocycles. The molecule has 3 heterocycles. The summed E-state index contributed by atoms with van der Waals surface area (Å²) in [6, 6.07) is 14.8. The predicted molar refractivity (Wildman–Crippen MR) is 217 cm³/mol. The van der Waals surface area contributed by atoms with Crippen LogP contribution in [0.4, 0.5) is 52.4 Å². The number of sulfone groups is 2. The van der Waals surface area contributed by atoms with Crippen molar-refractivity contribution >= 4 is 54.3 Å². The highest BCUT2D eigenvalue weighted by Gasteiger charge is 2.38. The summed E-state index contributed by atoms with van der Waals surface area (Å²) in [6.45, 7) is 6.10. The van der Waals surface area contributed by atoms with Crippen molar-refractivity contribution in [1.29, 1.82) is 0 Å². The Balaban J connectivity index is 0.000000955. The van der Waals surface area contributed by atoms with Gasteiger partial charge in [-0.25, -0.2) is 45.4 Å². The largest absolute Gasteiger partial charge is 0.490 e. The maximum atomic E-state index is 14.5. The van der Waals surface area contributed by atoms with Crippen LogP contribution in [0.15, 0.2) is 77.8 Å². The lowest BCUT2D eigenvalue weighted by molar-refractivity contribution is -0.192. The van der Waals surface area contributed by atoms with E-state index in [1.54, 1.807) is 30.3 Å². The molecule has 1 aliphatic heterocycles. The molecule has 0 bridgehead atoms. The number of thiazole rings is 1. The van der Waals surface area contributed by atoms with Crippen molar-refractivity contribution in [2.24, 2.45) is 0 Å². The van der Waals surface area contributed by atoms with Crippen LogP contribution in [0.3, 0.4) is 0 Å². The van der Waals surface area contributed by atoms with E-state index in [2.05, 4.69) is 15.3 Å². The molecule has 2 N–H and O–H groups in total. The number of nitrogens with one attached hydrogen (secondary N) is 1. The van der Waals surface area contributed by atoms with E-state index in [1.807, 2.05) is 23.6 Å². The Morgan fingerprint density at radius 3 is 2.10 bits per heavy atom. The van der Waals surface area contributed by atoms with Crippen LogP contribution in [0.5, 0.6) is 0 Å². The topological polar surface area (TPSA) is 163 Å². The van der Waals surface area contributed by atoms with Gasteiger partial charge < -0.3 is 15.3 Å². The van der Waals surface area contributed by atoms with Crippen molar-refractivity contribution in [1.82, 2.24) is 19.9 Å². The molecule has 334 valence electrons. The van der Waals surface area contributed by atoms with Crippen LogP contribution in [0.1, 0.15) is 35.9 Å². The standard InChI is InChI=1S/C37H37F5N6O4S3.C2HF3O2/c1-23(2)35-46-32(25-7-4-6-24(20-25)22-55(51,52)34-28(38)8-5-9-29(34)39)33(53-35)31-12-13-43-36(45-31)44-30-11-10-26(21-27(30)37(40,41)42)48-16-14-47(15-17-48)18-19-54(3,49)50;3-2(4,5)1(6)7/h4-13,20-21,23H,14-19,22H2,1-3H3,(H,43,44,45);(H,6,7). The number of carboxylic acids is 1. The molecule has 0 radical (unpaired) electrons. The lowest BCUT2D eigenvalue weighted by Gasteiger charge is -2.36. The van der Waals surface area contributed by atoms with Crippen LogP contribution < -0.4 is 10.2 Å². The van der Waals surface area contributed by atoms with E-state index in [-0.39, 0.29) is 28.9 Å². The molecule has 12 nitrogen and oxygen atoms in total. The lowest BCUT2D eigenvalue weighted by Crippen LogP contribution is -2.47. The lowest BCUT2D eigenvalue weighted by atomic mass is 10.1. The second kappa shape index (κ2) is 19.0. The Labute approximate surface area is 355 Å². The number of benzene rings is 3. The molecule has 0 unspecified atom stereocenters. The number of carbonyl (C=O) groups is 1. The maximum absolute atomic E-state index is 14.5. The molecule has 0 aliphatic carbocycles. The summed E-state index contributed by atoms with van der Waals surface area (Å²) in [5, 5.41) is 10.6. The number of piperazine rings is 1. The molecule has 3 aromatic carbocycles. The number of carboxylic acid groups (broad SMARTS) is 1. The third-order valence-corrected chi connectivity index (χ3v) is 13.2. The van der Waals surface area contributed by atoms with Gasteiger partial charge in [-0.1, -0.05) is 38.1 Å². The first kappa shape index (κ1) is 47.8. The number of hydrogen-bond donors (Lipinski definition) is 2. The average Bonchev–Trinajstić information content (AvgIpc) is 3.63. The third-order valence-electron chi connectivity index (χ3n) is 9.13. The highest BCUT2D eigenvalue weighted by atomic mass is 32.2. The highest BCUT2D eigenvalue weighted by Crippen LogP contribution is 2.41. The Morgan fingerprint density at radius 1 is 0.887 bits per heavy atom. The zero-order valence-corrected chi connectivity index (χ0v) is 35.4. The van der Waals surface area contributed by atoms with Gasteiger partial charge in [0.1, 0.15) is 26.4 Å². The Morgan fingerprint density at radius 2 is 1.52 bits per heavy atom. The SMILES string of the molecule is CC(C)c1nc(-c2cccc(CS(=O)(=O)c3c(F)cccc3F)c2)c(-c2ccnc(Nc3ccc(N4CCN(CCS(C)(=O)=O)CC4)cc3C(F)(F)F)n2)s1.O=C(O)C(F)(F)F. The predicted octanol–water partition coefficient (Wildman–Crippen LogP) is 8.20. The molecule has 0 saturated carbocycles. The van der Waals surface area contributed by atoms with Gasteiger partial charge >= 0.3 is 18.3 Å². The van der Waals surface area contributed by atoms with Gasteiger partial charge in [-0.3, -0.25) is 4.90 Å². The molecule has 0 atom stereocenters. The molecule has 6 rings (SSSR count). The maximum Gasteiger partial charge on any atom is 0.490 e. The van der Waals surface area contributed by atoms with Crippen molar-refractivity contribution < 1.29 is 61.9 Å². The van der Waals surface area contributed by atoms with Crippen LogP contribution >= 0.6 is 11.3 Å². The number of halogens is 8. The molecule has 0 amide bonds. The van der Waals surface area contributed by atoms with Gasteiger partial charge in [-0.2, -0.15) is 26.3 Å². The zero-order valence-electron chi connectivity index (χ0n) is 32.9. The molecule has 1 fully saturated rings. The smallest absolute Gasteiger partial charge is 0.475 e. The van der Waals surface area contributed by atoms with E-state index < -0.39 is 65.8 Å². The fraction of sp³-hybridized carbons (Fsp3) is 0.333. The molecular formula is C39H38F8N6O6S3. The van der Waals surface area contributed by atoms with Crippen molar-refractivity contribution in [2.75, 3.05) is 54.9 Å². The monoisotopic (exact) mass is 934 g/mol. The van der Waals surface area contributed by atoms with Gasteiger partial charge in [0.2, 0.25) is 5.95 Å². The minimum absolute atomic E-state index is 0.0133. The molecule has 1 saturated heterocycles. The van der Waals surface area contributed by atoms with Crippen molar-refractivity contribution in [3.8, 4) is 21.8 Å². The first-order valence-corrected chi connectivity index (χ1v) is 22.9. The van der Waals surface area contributed by atoms with Gasteiger partial charge in [-0.15, -0.1) is 11.3 Å². The van der Waals surface area contributed by atoms with Crippen LogP contribution in [-0.4, -0.2) is 98.7 Å². The molecule has 23 heteroatoms.